The van der Waals surface area contributed by atoms with E-state index in [4.69, 9.17) is 9.15 Å². The van der Waals surface area contributed by atoms with Crippen LogP contribution >= 0.6 is 0 Å². The first kappa shape index (κ1) is 14.8. The number of aryl methyl sites for hydroxylation is 1. The van der Waals surface area contributed by atoms with E-state index >= 15 is 0 Å². The van der Waals surface area contributed by atoms with E-state index in [9.17, 15) is 9.59 Å². The van der Waals surface area contributed by atoms with Crippen molar-refractivity contribution in [2.24, 2.45) is 5.92 Å². The summed E-state index contributed by atoms with van der Waals surface area (Å²) in [7, 11) is 0. The van der Waals surface area contributed by atoms with Gasteiger partial charge in [0.2, 0.25) is 5.91 Å². The first-order chi connectivity index (χ1) is 10.7. The van der Waals surface area contributed by atoms with Gasteiger partial charge in [-0.1, -0.05) is 12.1 Å². The quantitative estimate of drug-likeness (QED) is 0.878. The number of nitrogens with one attached hydrogen (secondary N) is 1. The molecule has 0 spiro atoms. The summed E-state index contributed by atoms with van der Waals surface area (Å²) in [5.41, 5.74) is 1.36. The van der Waals surface area contributed by atoms with Crippen LogP contribution in [0, 0.1) is 5.92 Å². The Morgan fingerprint density at radius 3 is 3.05 bits per heavy atom. The molecule has 0 saturated carbocycles. The molecule has 1 amide bonds. The average molecular weight is 304 g/mol. The van der Waals surface area contributed by atoms with E-state index in [1.807, 2.05) is 18.2 Å². The molecule has 1 aromatic carbocycles. The molecule has 22 heavy (non-hydrogen) atoms. The first-order valence-electron chi connectivity index (χ1n) is 7.67. The molecular formula is C16H20N2O4. The molecule has 6 nitrogen and oxygen atoms in total. The molecule has 1 fully saturated rings. The minimum atomic E-state index is -0.371. The molecule has 1 atom stereocenters. The molecule has 0 unspecified atom stereocenters. The van der Waals surface area contributed by atoms with Crippen molar-refractivity contribution in [2.45, 2.75) is 25.8 Å². The molecular weight excluding hydrogens is 284 g/mol. The van der Waals surface area contributed by atoms with Gasteiger partial charge in [0.1, 0.15) is 0 Å². The number of ether oxygens (including phenoxy) is 1. The maximum absolute atomic E-state index is 11.8. The number of aromatic nitrogens is 1. The highest BCUT2D eigenvalue weighted by atomic mass is 16.5. The summed E-state index contributed by atoms with van der Waals surface area (Å²) >= 11 is 0. The zero-order chi connectivity index (χ0) is 15.4. The predicted octanol–water partition coefficient (Wildman–Crippen LogP) is 1.53. The van der Waals surface area contributed by atoms with Crippen molar-refractivity contribution in [3.63, 3.8) is 0 Å². The fourth-order valence-corrected chi connectivity index (χ4v) is 2.71. The Morgan fingerprint density at radius 1 is 1.36 bits per heavy atom. The van der Waals surface area contributed by atoms with Crippen molar-refractivity contribution < 1.29 is 13.9 Å². The van der Waals surface area contributed by atoms with Crippen molar-refractivity contribution in [1.82, 2.24) is 9.88 Å². The number of carbonyl (C=O) groups excluding carboxylic acids is 1. The van der Waals surface area contributed by atoms with Crippen LogP contribution in [0.5, 0.6) is 0 Å². The molecule has 6 heteroatoms. The third-order valence-electron chi connectivity index (χ3n) is 3.97. The van der Waals surface area contributed by atoms with Gasteiger partial charge in [-0.25, -0.2) is 4.79 Å². The van der Waals surface area contributed by atoms with Crippen LogP contribution in [0.4, 0.5) is 0 Å². The van der Waals surface area contributed by atoms with Crippen LogP contribution in [0.25, 0.3) is 11.1 Å². The Morgan fingerprint density at radius 2 is 2.23 bits per heavy atom. The predicted molar refractivity (Wildman–Crippen MR) is 81.6 cm³/mol. The molecule has 0 radical (unpaired) electrons. The van der Waals surface area contributed by atoms with Crippen LogP contribution in [0.15, 0.2) is 33.5 Å². The summed E-state index contributed by atoms with van der Waals surface area (Å²) in [5, 5.41) is 2.93. The van der Waals surface area contributed by atoms with Crippen molar-refractivity contribution in [3.05, 3.63) is 34.8 Å². The van der Waals surface area contributed by atoms with E-state index in [0.717, 1.165) is 25.2 Å². The molecule has 2 aromatic rings. The summed E-state index contributed by atoms with van der Waals surface area (Å²) < 4.78 is 12.0. The lowest BCUT2D eigenvalue weighted by atomic mass is 10.1. The topological polar surface area (TPSA) is 73.5 Å². The average Bonchev–Trinajstić information content (AvgIpc) is 3.13. The first-order valence-corrected chi connectivity index (χ1v) is 7.67. The van der Waals surface area contributed by atoms with Gasteiger partial charge >= 0.3 is 5.76 Å². The number of oxazole rings is 1. The Hall–Kier alpha value is -2.08. The Bertz CT molecular complexity index is 697. The number of amides is 1. The SMILES string of the molecule is O=C(CCCn1c(=O)oc2ccccc21)NC[C@@H]1CCOC1. The summed E-state index contributed by atoms with van der Waals surface area (Å²) in [6.07, 6.45) is 2.02. The van der Waals surface area contributed by atoms with Crippen LogP contribution in [0.2, 0.25) is 0 Å². The number of nitrogens with zero attached hydrogens (tertiary/aromatic N) is 1. The van der Waals surface area contributed by atoms with Crippen molar-refractivity contribution in [1.29, 1.82) is 0 Å². The summed E-state index contributed by atoms with van der Waals surface area (Å²) in [6, 6.07) is 7.31. The number of para-hydroxylation sites is 2. The normalized spacial score (nSPS) is 17.9. The lowest BCUT2D eigenvalue weighted by Crippen LogP contribution is -2.29. The van der Waals surface area contributed by atoms with Crippen LogP contribution in [-0.4, -0.2) is 30.2 Å². The van der Waals surface area contributed by atoms with Crippen LogP contribution in [0.1, 0.15) is 19.3 Å². The highest BCUT2D eigenvalue weighted by Gasteiger charge is 2.16. The van der Waals surface area contributed by atoms with Crippen molar-refractivity contribution in [3.8, 4) is 0 Å². The zero-order valence-corrected chi connectivity index (χ0v) is 12.4. The van der Waals surface area contributed by atoms with Crippen LogP contribution in [0.3, 0.4) is 0 Å². The monoisotopic (exact) mass is 304 g/mol. The van der Waals surface area contributed by atoms with Crippen LogP contribution < -0.4 is 11.1 Å². The number of fused-ring (bicyclic) bond motifs is 1. The number of hydrogen-bond acceptors (Lipinski definition) is 4. The van der Waals surface area contributed by atoms with E-state index in [0.29, 0.717) is 37.4 Å². The highest BCUT2D eigenvalue weighted by molar-refractivity contribution is 5.76. The van der Waals surface area contributed by atoms with Gasteiger partial charge in [0.15, 0.2) is 5.58 Å². The minimum Gasteiger partial charge on any atom is -0.408 e. The van der Waals surface area contributed by atoms with Gasteiger partial charge in [-0.15, -0.1) is 0 Å². The molecule has 1 aliphatic rings. The van der Waals surface area contributed by atoms with Gasteiger partial charge in [-0.2, -0.15) is 0 Å². The molecule has 0 bridgehead atoms. The smallest absolute Gasteiger partial charge is 0.408 e. The maximum Gasteiger partial charge on any atom is 0.419 e. The Labute approximate surface area is 128 Å². The third kappa shape index (κ3) is 3.39. The van der Waals surface area contributed by atoms with Crippen molar-refractivity contribution >= 4 is 17.0 Å². The molecule has 1 aliphatic heterocycles. The van der Waals surface area contributed by atoms with Gasteiger partial charge in [-0.05, 0) is 25.0 Å². The van der Waals surface area contributed by atoms with E-state index in [1.165, 1.54) is 0 Å². The zero-order valence-electron chi connectivity index (χ0n) is 12.4. The molecule has 1 aromatic heterocycles. The van der Waals surface area contributed by atoms with E-state index in [1.54, 1.807) is 10.6 Å². The van der Waals surface area contributed by atoms with Gasteiger partial charge in [0.25, 0.3) is 0 Å². The molecule has 3 rings (SSSR count). The van der Waals surface area contributed by atoms with Gasteiger partial charge in [0, 0.05) is 32.0 Å². The lowest BCUT2D eigenvalue weighted by molar-refractivity contribution is -0.121. The van der Waals surface area contributed by atoms with Gasteiger partial charge in [-0.3, -0.25) is 9.36 Å². The Balaban J connectivity index is 1.48. The standard InChI is InChI=1S/C16H20N2O4/c19-15(17-10-12-7-9-21-11-12)6-3-8-18-13-4-1-2-5-14(13)22-16(18)20/h1-2,4-5,12H,3,6-11H2,(H,17,19)/t12-/m0/s1. The van der Waals surface area contributed by atoms with E-state index < -0.39 is 0 Å². The minimum absolute atomic E-state index is 0.0211. The molecule has 1 saturated heterocycles. The molecule has 1 N–H and O–H groups in total. The van der Waals surface area contributed by atoms with Crippen molar-refractivity contribution in [2.75, 3.05) is 19.8 Å². The largest absolute Gasteiger partial charge is 0.419 e. The number of carbonyl (C=O) groups is 1. The number of hydrogen-bond donors (Lipinski definition) is 1. The summed E-state index contributed by atoms with van der Waals surface area (Å²) in [6.45, 7) is 2.68. The second kappa shape index (κ2) is 6.79. The Kier molecular flexibility index (Phi) is 4.58. The number of rotatable bonds is 6. The second-order valence-electron chi connectivity index (χ2n) is 5.62. The second-order valence-corrected chi connectivity index (χ2v) is 5.62. The molecule has 2 heterocycles. The van der Waals surface area contributed by atoms with Gasteiger partial charge < -0.3 is 14.5 Å². The fourth-order valence-electron chi connectivity index (χ4n) is 2.71. The summed E-state index contributed by atoms with van der Waals surface area (Å²) in [4.78, 5) is 23.6. The molecule has 0 aliphatic carbocycles. The number of benzene rings is 1. The van der Waals surface area contributed by atoms with E-state index in [2.05, 4.69) is 5.32 Å². The fraction of sp³-hybridized carbons (Fsp3) is 0.500. The lowest BCUT2D eigenvalue weighted by Gasteiger charge is -2.09. The van der Waals surface area contributed by atoms with Crippen LogP contribution in [-0.2, 0) is 16.1 Å². The summed E-state index contributed by atoms with van der Waals surface area (Å²) in [5.74, 6) is 0.0850. The third-order valence-corrected chi connectivity index (χ3v) is 3.97. The molecule has 118 valence electrons. The van der Waals surface area contributed by atoms with Gasteiger partial charge in [0.05, 0.1) is 12.1 Å². The van der Waals surface area contributed by atoms with E-state index in [-0.39, 0.29) is 11.7 Å². The maximum atomic E-state index is 11.8. The highest BCUT2D eigenvalue weighted by Crippen LogP contribution is 2.13.